The number of aliphatic hydroxyl groups is 1. The van der Waals surface area contributed by atoms with E-state index in [-0.39, 0.29) is 0 Å². The zero-order valence-corrected chi connectivity index (χ0v) is 7.98. The van der Waals surface area contributed by atoms with E-state index >= 15 is 0 Å². The zero-order valence-electron chi connectivity index (χ0n) is 6.19. The van der Waals surface area contributed by atoms with Crippen LogP contribution in [0.5, 0.6) is 0 Å². The quantitative estimate of drug-likeness (QED) is 0.462. The molecule has 0 fully saturated rings. The summed E-state index contributed by atoms with van der Waals surface area (Å²) >= 11 is 0. The molecule has 0 aliphatic heterocycles. The Labute approximate surface area is 68.7 Å². The van der Waals surface area contributed by atoms with Crippen LogP contribution in [0.3, 0.4) is 0 Å². The summed E-state index contributed by atoms with van der Waals surface area (Å²) in [5.74, 6) is -2.16. The molecule has 7 nitrogen and oxygen atoms in total. The van der Waals surface area contributed by atoms with Crippen LogP contribution in [0.4, 0.5) is 0 Å². The zero-order chi connectivity index (χ0) is 9.99. The van der Waals surface area contributed by atoms with E-state index in [1.54, 1.807) is 0 Å². The van der Waals surface area contributed by atoms with E-state index in [1.165, 1.54) is 0 Å². The van der Waals surface area contributed by atoms with E-state index in [0.29, 0.717) is 0 Å². The van der Waals surface area contributed by atoms with Crippen molar-refractivity contribution >= 4 is 15.2 Å². The van der Waals surface area contributed by atoms with Crippen LogP contribution in [-0.2, 0) is 13.7 Å². The van der Waals surface area contributed by atoms with Gasteiger partial charge in [0, 0.05) is 7.11 Å². The molecule has 2 unspecified atom stereocenters. The maximum absolute atomic E-state index is 10.7. The first-order valence-electron chi connectivity index (χ1n) is 2.80. The fourth-order valence-corrected chi connectivity index (χ4v) is 2.42. The van der Waals surface area contributed by atoms with Crippen LogP contribution in [0.1, 0.15) is 0 Å². The van der Waals surface area contributed by atoms with Crippen molar-refractivity contribution < 1.29 is 33.4 Å². The Morgan fingerprint density at radius 2 is 1.75 bits per heavy atom. The van der Waals surface area contributed by atoms with E-state index < -0.39 is 27.2 Å². The lowest BCUT2D eigenvalue weighted by atomic mass is 10.9. The molecule has 12 heavy (non-hydrogen) atoms. The summed E-state index contributed by atoms with van der Waals surface area (Å²) < 4.78 is 25.0. The second-order valence-corrected chi connectivity index (χ2v) is 5.85. The molecule has 0 radical (unpaired) electrons. The third kappa shape index (κ3) is 4.33. The maximum atomic E-state index is 10.7. The fraction of sp³-hybridized carbons (Fsp3) is 1.00. The standard InChI is InChI=1S/C3H10O7P2/c1-10-11(5,6)2-3(4)12(7,8)9/h3-4H,2H2,1H3,(H,5,6)(H2,7,8,9). The molecule has 0 aromatic carbocycles. The van der Waals surface area contributed by atoms with Crippen molar-refractivity contribution in [2.75, 3.05) is 13.3 Å². The molecule has 0 amide bonds. The molecular weight excluding hydrogens is 210 g/mol. The van der Waals surface area contributed by atoms with Crippen LogP contribution in [0.2, 0.25) is 0 Å². The van der Waals surface area contributed by atoms with Gasteiger partial charge in [0.2, 0.25) is 0 Å². The second-order valence-electron chi connectivity index (χ2n) is 2.07. The minimum Gasteiger partial charge on any atom is -0.380 e. The van der Waals surface area contributed by atoms with E-state index in [4.69, 9.17) is 19.8 Å². The van der Waals surface area contributed by atoms with Gasteiger partial charge in [0.05, 0.1) is 6.16 Å². The van der Waals surface area contributed by atoms with E-state index in [2.05, 4.69) is 4.52 Å². The molecule has 0 rings (SSSR count). The van der Waals surface area contributed by atoms with Crippen molar-refractivity contribution in [3.05, 3.63) is 0 Å². The van der Waals surface area contributed by atoms with Crippen molar-refractivity contribution in [2.45, 2.75) is 5.85 Å². The van der Waals surface area contributed by atoms with Gasteiger partial charge >= 0.3 is 15.2 Å². The van der Waals surface area contributed by atoms with Gasteiger partial charge in [-0.3, -0.25) is 9.13 Å². The minimum atomic E-state index is -4.72. The molecule has 0 saturated carbocycles. The van der Waals surface area contributed by atoms with Crippen LogP contribution in [0.15, 0.2) is 0 Å². The molecule has 2 atom stereocenters. The molecular formula is C3H10O7P2. The van der Waals surface area contributed by atoms with Gasteiger partial charge in [-0.25, -0.2) is 0 Å². The van der Waals surface area contributed by atoms with Gasteiger partial charge in [0.1, 0.15) is 0 Å². The van der Waals surface area contributed by atoms with Gasteiger partial charge in [0.25, 0.3) is 0 Å². The van der Waals surface area contributed by atoms with Gasteiger partial charge in [0.15, 0.2) is 5.85 Å². The van der Waals surface area contributed by atoms with Crippen LogP contribution in [0.25, 0.3) is 0 Å². The van der Waals surface area contributed by atoms with Gasteiger partial charge < -0.3 is 24.3 Å². The lowest BCUT2D eigenvalue weighted by Gasteiger charge is -2.14. The first-order valence-corrected chi connectivity index (χ1v) is 6.24. The highest BCUT2D eigenvalue weighted by Crippen LogP contribution is 2.49. The first kappa shape index (κ1) is 12.3. The lowest BCUT2D eigenvalue weighted by Crippen LogP contribution is -2.13. The molecule has 0 spiro atoms. The van der Waals surface area contributed by atoms with Gasteiger partial charge in [-0.15, -0.1) is 0 Å². The molecule has 0 heterocycles. The third-order valence-corrected chi connectivity index (χ3v) is 3.69. The summed E-state index contributed by atoms with van der Waals surface area (Å²) in [4.78, 5) is 25.3. The van der Waals surface area contributed by atoms with Crippen molar-refractivity contribution in [2.24, 2.45) is 0 Å². The second kappa shape index (κ2) is 3.98. The predicted octanol–water partition coefficient (Wildman–Crippen LogP) is -0.686. The Morgan fingerprint density at radius 3 is 2.00 bits per heavy atom. The lowest BCUT2D eigenvalue weighted by molar-refractivity contribution is 0.208. The van der Waals surface area contributed by atoms with E-state index in [9.17, 15) is 9.13 Å². The summed E-state index contributed by atoms with van der Waals surface area (Å²) in [6.07, 6.45) is -0.978. The molecule has 0 aromatic rings. The summed E-state index contributed by atoms with van der Waals surface area (Å²) in [7, 11) is -7.88. The topological polar surface area (TPSA) is 124 Å². The molecule has 9 heteroatoms. The smallest absolute Gasteiger partial charge is 0.354 e. The first-order chi connectivity index (χ1) is 5.19. The van der Waals surface area contributed by atoms with Gasteiger partial charge in [-0.1, -0.05) is 0 Å². The average molecular weight is 220 g/mol. The maximum Gasteiger partial charge on any atom is 0.354 e. The monoisotopic (exact) mass is 220 g/mol. The summed E-state index contributed by atoms with van der Waals surface area (Å²) in [6, 6.07) is 0. The normalized spacial score (nSPS) is 20.1. The summed E-state index contributed by atoms with van der Waals surface area (Å²) in [5, 5.41) is 8.68. The molecule has 74 valence electrons. The van der Waals surface area contributed by atoms with Crippen LogP contribution < -0.4 is 0 Å². The average Bonchev–Trinajstić information content (AvgIpc) is 1.85. The number of hydrogen-bond acceptors (Lipinski definition) is 4. The predicted molar refractivity (Wildman–Crippen MR) is 39.8 cm³/mol. The van der Waals surface area contributed by atoms with E-state index in [0.717, 1.165) is 7.11 Å². The van der Waals surface area contributed by atoms with Crippen LogP contribution in [-0.4, -0.2) is 38.9 Å². The highest BCUT2D eigenvalue weighted by Gasteiger charge is 2.34. The Bertz CT molecular complexity index is 231. The molecule has 0 aliphatic carbocycles. The third-order valence-electron chi connectivity index (χ3n) is 1.07. The molecule has 0 bridgehead atoms. The Kier molecular flexibility index (Phi) is 4.07. The Hall–Kier alpha value is 0.260. The highest BCUT2D eigenvalue weighted by atomic mass is 31.2. The van der Waals surface area contributed by atoms with E-state index in [1.807, 2.05) is 0 Å². The van der Waals surface area contributed by atoms with Gasteiger partial charge in [-0.05, 0) is 0 Å². The van der Waals surface area contributed by atoms with Crippen molar-refractivity contribution in [1.29, 1.82) is 0 Å². The number of aliphatic hydroxyl groups excluding tert-OH is 1. The highest BCUT2D eigenvalue weighted by molar-refractivity contribution is 7.57. The molecule has 0 saturated heterocycles. The SMILES string of the molecule is COP(=O)(O)CC(O)P(=O)(O)O. The Morgan fingerprint density at radius 1 is 1.33 bits per heavy atom. The molecule has 4 N–H and O–H groups in total. The number of hydrogen-bond donors (Lipinski definition) is 4. The Balaban J connectivity index is 4.30. The number of rotatable bonds is 4. The summed E-state index contributed by atoms with van der Waals surface area (Å²) in [5.41, 5.74) is 0. The fourth-order valence-electron chi connectivity index (χ4n) is 0.387. The molecule has 0 aliphatic rings. The van der Waals surface area contributed by atoms with Crippen LogP contribution >= 0.6 is 15.2 Å². The van der Waals surface area contributed by atoms with Crippen molar-refractivity contribution in [3.63, 3.8) is 0 Å². The summed E-state index contributed by atoms with van der Waals surface area (Å²) in [6.45, 7) is 0. The van der Waals surface area contributed by atoms with Crippen LogP contribution in [0, 0.1) is 0 Å². The minimum absolute atomic E-state index is 0.910. The largest absolute Gasteiger partial charge is 0.380 e. The van der Waals surface area contributed by atoms with Gasteiger partial charge in [-0.2, -0.15) is 0 Å². The van der Waals surface area contributed by atoms with Crippen molar-refractivity contribution in [1.82, 2.24) is 0 Å². The molecule has 0 aromatic heterocycles. The van der Waals surface area contributed by atoms with Crippen molar-refractivity contribution in [3.8, 4) is 0 Å².